The van der Waals surface area contributed by atoms with Crippen LogP contribution >= 0.6 is 0 Å². The number of hydrogen-bond acceptors (Lipinski definition) is 4. The number of rotatable bonds is 6. The minimum absolute atomic E-state index is 0.213. The molecule has 0 radical (unpaired) electrons. The molecule has 2 heterocycles. The van der Waals surface area contributed by atoms with Crippen molar-refractivity contribution < 1.29 is 9.59 Å². The molecule has 0 saturated heterocycles. The maximum atomic E-state index is 12.4. The topological polar surface area (TPSA) is 93.8 Å². The van der Waals surface area contributed by atoms with Gasteiger partial charge in [0.15, 0.2) is 5.69 Å². The second-order valence-corrected chi connectivity index (χ2v) is 6.10. The lowest BCUT2D eigenvalue weighted by Gasteiger charge is -2.08. The molecule has 2 N–H and O–H groups in total. The van der Waals surface area contributed by atoms with E-state index in [1.165, 1.54) is 4.68 Å². The molecular formula is C16H24N6O2. The number of aryl methyl sites for hydroxylation is 3. The van der Waals surface area contributed by atoms with Crippen LogP contribution in [0.3, 0.4) is 0 Å². The maximum absolute atomic E-state index is 12.4. The molecule has 0 aliphatic heterocycles. The van der Waals surface area contributed by atoms with Gasteiger partial charge in [-0.25, -0.2) is 0 Å². The first-order valence-electron chi connectivity index (χ1n) is 7.99. The van der Waals surface area contributed by atoms with Crippen LogP contribution in [0, 0.1) is 12.8 Å². The molecule has 0 saturated carbocycles. The summed E-state index contributed by atoms with van der Waals surface area (Å²) in [5.74, 6) is -0.295. The third-order valence-corrected chi connectivity index (χ3v) is 3.45. The molecule has 2 amide bonds. The van der Waals surface area contributed by atoms with Crippen LogP contribution in [0.4, 0.5) is 5.69 Å². The molecule has 2 rings (SSSR count). The minimum Gasteiger partial charge on any atom is -0.350 e. The predicted octanol–water partition coefficient (Wildman–Crippen LogP) is 1.58. The molecule has 24 heavy (non-hydrogen) atoms. The summed E-state index contributed by atoms with van der Waals surface area (Å²) in [6.45, 7) is 8.91. The van der Waals surface area contributed by atoms with Crippen LogP contribution in [0.15, 0.2) is 12.3 Å². The predicted molar refractivity (Wildman–Crippen MR) is 91.0 cm³/mol. The molecule has 2 aromatic rings. The van der Waals surface area contributed by atoms with Crippen LogP contribution in [-0.2, 0) is 13.6 Å². The lowest BCUT2D eigenvalue weighted by molar-refractivity contribution is 0.0944. The highest BCUT2D eigenvalue weighted by atomic mass is 16.2. The number of amides is 2. The van der Waals surface area contributed by atoms with Crippen LogP contribution in [0.5, 0.6) is 0 Å². The fraction of sp³-hybridized carbons (Fsp3) is 0.500. The molecule has 0 aromatic carbocycles. The molecule has 0 aliphatic carbocycles. The molecule has 0 unspecified atom stereocenters. The molecular weight excluding hydrogens is 308 g/mol. The van der Waals surface area contributed by atoms with Gasteiger partial charge in [0.2, 0.25) is 0 Å². The molecule has 0 spiro atoms. The van der Waals surface area contributed by atoms with E-state index in [1.807, 2.05) is 27.7 Å². The van der Waals surface area contributed by atoms with Crippen molar-refractivity contribution in [2.45, 2.75) is 34.2 Å². The van der Waals surface area contributed by atoms with Crippen molar-refractivity contribution in [1.82, 2.24) is 24.9 Å². The van der Waals surface area contributed by atoms with Crippen LogP contribution in [0.1, 0.15) is 47.4 Å². The normalized spacial score (nSPS) is 10.9. The van der Waals surface area contributed by atoms with Crippen molar-refractivity contribution in [2.75, 3.05) is 11.9 Å². The summed E-state index contributed by atoms with van der Waals surface area (Å²) >= 11 is 0. The monoisotopic (exact) mass is 332 g/mol. The van der Waals surface area contributed by atoms with E-state index in [1.54, 1.807) is 24.0 Å². The Hall–Kier alpha value is -2.64. The molecule has 0 fully saturated rings. The average Bonchev–Trinajstić information content (AvgIpc) is 3.07. The SMILES string of the molecule is CCn1cc(NC(=O)c2cc(C)nn2C)c(C(=O)NCC(C)C)n1. The highest BCUT2D eigenvalue weighted by Crippen LogP contribution is 2.16. The van der Waals surface area contributed by atoms with Gasteiger partial charge >= 0.3 is 0 Å². The van der Waals surface area contributed by atoms with Gasteiger partial charge in [0.25, 0.3) is 11.8 Å². The Morgan fingerprint density at radius 1 is 1.25 bits per heavy atom. The molecule has 8 nitrogen and oxygen atoms in total. The molecule has 2 aromatic heterocycles. The number of hydrogen-bond donors (Lipinski definition) is 2. The smallest absolute Gasteiger partial charge is 0.274 e. The van der Waals surface area contributed by atoms with Crippen LogP contribution in [-0.4, -0.2) is 37.9 Å². The quantitative estimate of drug-likeness (QED) is 0.840. The Bertz CT molecular complexity index is 744. The summed E-state index contributed by atoms with van der Waals surface area (Å²) in [6, 6.07) is 1.69. The largest absolute Gasteiger partial charge is 0.350 e. The Morgan fingerprint density at radius 3 is 2.50 bits per heavy atom. The van der Waals surface area contributed by atoms with Crippen molar-refractivity contribution >= 4 is 17.5 Å². The number of nitrogens with one attached hydrogen (secondary N) is 2. The Balaban J connectivity index is 2.22. The Kier molecular flexibility index (Phi) is 5.38. The van der Waals surface area contributed by atoms with Gasteiger partial charge in [-0.1, -0.05) is 13.8 Å². The van der Waals surface area contributed by atoms with Gasteiger partial charge in [-0.3, -0.25) is 19.0 Å². The zero-order chi connectivity index (χ0) is 17.9. The van der Waals surface area contributed by atoms with Crippen molar-refractivity contribution in [3.63, 3.8) is 0 Å². The summed E-state index contributed by atoms with van der Waals surface area (Å²) in [6.07, 6.45) is 1.66. The van der Waals surface area contributed by atoms with E-state index in [-0.39, 0.29) is 17.5 Å². The van der Waals surface area contributed by atoms with Gasteiger partial charge < -0.3 is 10.6 Å². The number of aromatic nitrogens is 4. The van der Waals surface area contributed by atoms with Crippen LogP contribution in [0.25, 0.3) is 0 Å². The lowest BCUT2D eigenvalue weighted by Crippen LogP contribution is -2.29. The van der Waals surface area contributed by atoms with Crippen molar-refractivity contribution in [2.24, 2.45) is 13.0 Å². The number of nitrogens with zero attached hydrogens (tertiary/aromatic N) is 4. The Labute approximate surface area is 141 Å². The third-order valence-electron chi connectivity index (χ3n) is 3.45. The second kappa shape index (κ2) is 7.29. The summed E-state index contributed by atoms with van der Waals surface area (Å²) in [5.41, 5.74) is 1.78. The molecule has 8 heteroatoms. The standard InChI is InChI=1S/C16H24N6O2/c1-6-22-9-12(14(20-22)16(24)17-8-10(2)3)18-15(23)13-7-11(4)19-21(13)5/h7,9-10H,6,8H2,1-5H3,(H,17,24)(H,18,23). The third kappa shape index (κ3) is 4.01. The fourth-order valence-electron chi connectivity index (χ4n) is 2.23. The molecule has 0 aliphatic rings. The first-order valence-corrected chi connectivity index (χ1v) is 7.99. The van der Waals surface area contributed by atoms with E-state index < -0.39 is 0 Å². The van der Waals surface area contributed by atoms with E-state index >= 15 is 0 Å². The lowest BCUT2D eigenvalue weighted by atomic mass is 10.2. The van der Waals surface area contributed by atoms with E-state index in [0.717, 1.165) is 5.69 Å². The molecule has 0 bridgehead atoms. The van der Waals surface area contributed by atoms with Gasteiger partial charge in [-0.05, 0) is 25.8 Å². The fourth-order valence-corrected chi connectivity index (χ4v) is 2.23. The van der Waals surface area contributed by atoms with Gasteiger partial charge in [-0.2, -0.15) is 10.2 Å². The van der Waals surface area contributed by atoms with E-state index in [0.29, 0.717) is 30.4 Å². The summed E-state index contributed by atoms with van der Waals surface area (Å²) < 4.78 is 3.13. The van der Waals surface area contributed by atoms with E-state index in [4.69, 9.17) is 0 Å². The minimum atomic E-state index is -0.327. The number of anilines is 1. The highest BCUT2D eigenvalue weighted by molar-refractivity contribution is 6.07. The Morgan fingerprint density at radius 2 is 1.96 bits per heavy atom. The summed E-state index contributed by atoms with van der Waals surface area (Å²) in [7, 11) is 1.70. The van der Waals surface area contributed by atoms with Crippen molar-refractivity contribution in [1.29, 1.82) is 0 Å². The molecule has 0 atom stereocenters. The van der Waals surface area contributed by atoms with Crippen molar-refractivity contribution in [3.8, 4) is 0 Å². The first kappa shape index (κ1) is 17.7. The number of carbonyl (C=O) groups is 2. The van der Waals surface area contributed by atoms with E-state index in [9.17, 15) is 9.59 Å². The summed E-state index contributed by atoms with van der Waals surface area (Å²) in [5, 5.41) is 14.0. The van der Waals surface area contributed by atoms with Gasteiger partial charge in [0, 0.05) is 26.3 Å². The first-order chi connectivity index (χ1) is 11.3. The zero-order valence-corrected chi connectivity index (χ0v) is 14.8. The highest BCUT2D eigenvalue weighted by Gasteiger charge is 2.20. The maximum Gasteiger partial charge on any atom is 0.274 e. The van der Waals surface area contributed by atoms with Crippen LogP contribution in [0.2, 0.25) is 0 Å². The van der Waals surface area contributed by atoms with Gasteiger partial charge in [0.05, 0.1) is 11.4 Å². The van der Waals surface area contributed by atoms with Gasteiger partial charge in [-0.15, -0.1) is 0 Å². The average molecular weight is 332 g/mol. The van der Waals surface area contributed by atoms with E-state index in [2.05, 4.69) is 20.8 Å². The second-order valence-electron chi connectivity index (χ2n) is 6.10. The zero-order valence-electron chi connectivity index (χ0n) is 14.8. The van der Waals surface area contributed by atoms with Crippen molar-refractivity contribution in [3.05, 3.63) is 29.3 Å². The van der Waals surface area contributed by atoms with Crippen LogP contribution < -0.4 is 10.6 Å². The van der Waals surface area contributed by atoms with Gasteiger partial charge in [0.1, 0.15) is 5.69 Å². The summed E-state index contributed by atoms with van der Waals surface area (Å²) in [4.78, 5) is 24.8. The number of carbonyl (C=O) groups excluding carboxylic acids is 2. The molecule has 130 valence electrons.